The second kappa shape index (κ2) is 4.29. The molecule has 0 saturated carbocycles. The molecule has 9 heteroatoms. The molecule has 0 aliphatic heterocycles. The molecular weight excluding hydrogens is 264 g/mol. The summed E-state index contributed by atoms with van der Waals surface area (Å²) in [6, 6.07) is 2.01. The van der Waals surface area contributed by atoms with Crippen molar-refractivity contribution in [3.8, 4) is 6.07 Å². The standard InChI is InChI=1S/C7H4ClF2N3O2S/c8-3-1-4(7(9)10)13-5(2-11)6(3)16(12,14)15/h1,7H,(H2,12,14,15). The first-order valence-corrected chi connectivity index (χ1v) is 5.61. The molecule has 2 N–H and O–H groups in total. The average molecular weight is 268 g/mol. The van der Waals surface area contributed by atoms with Gasteiger partial charge in [-0.2, -0.15) is 5.26 Å². The predicted octanol–water partition coefficient (Wildman–Crippen LogP) is 1.19. The van der Waals surface area contributed by atoms with Gasteiger partial charge in [-0.05, 0) is 6.07 Å². The lowest BCUT2D eigenvalue weighted by Gasteiger charge is -2.06. The summed E-state index contributed by atoms with van der Waals surface area (Å²) in [6.07, 6.45) is -2.96. The van der Waals surface area contributed by atoms with E-state index in [0.29, 0.717) is 6.07 Å². The van der Waals surface area contributed by atoms with Crippen LogP contribution in [0.2, 0.25) is 5.02 Å². The van der Waals surface area contributed by atoms with Gasteiger partial charge >= 0.3 is 0 Å². The first kappa shape index (κ1) is 12.8. The maximum absolute atomic E-state index is 12.3. The van der Waals surface area contributed by atoms with Crippen molar-refractivity contribution < 1.29 is 17.2 Å². The van der Waals surface area contributed by atoms with Crippen LogP contribution in [0.25, 0.3) is 0 Å². The molecule has 0 aliphatic rings. The van der Waals surface area contributed by atoms with E-state index in [0.717, 1.165) is 0 Å². The van der Waals surface area contributed by atoms with Gasteiger partial charge in [0.1, 0.15) is 16.7 Å². The molecule has 0 aliphatic carbocycles. The van der Waals surface area contributed by atoms with Gasteiger partial charge in [0.05, 0.1) is 5.02 Å². The second-order valence-electron chi connectivity index (χ2n) is 2.66. The maximum Gasteiger partial charge on any atom is 0.280 e. The number of rotatable bonds is 2. The molecule has 1 rings (SSSR count). The Kier molecular flexibility index (Phi) is 3.42. The zero-order valence-corrected chi connectivity index (χ0v) is 9.06. The summed E-state index contributed by atoms with van der Waals surface area (Å²) in [5.41, 5.74) is -1.53. The van der Waals surface area contributed by atoms with Crippen LogP contribution in [0.5, 0.6) is 0 Å². The van der Waals surface area contributed by atoms with E-state index in [1.54, 1.807) is 0 Å². The van der Waals surface area contributed by atoms with Crippen molar-refractivity contribution in [2.24, 2.45) is 5.14 Å². The van der Waals surface area contributed by atoms with Gasteiger partial charge in [0, 0.05) is 0 Å². The van der Waals surface area contributed by atoms with Gasteiger partial charge in [-0.15, -0.1) is 0 Å². The van der Waals surface area contributed by atoms with E-state index in [-0.39, 0.29) is 0 Å². The highest BCUT2D eigenvalue weighted by Gasteiger charge is 2.23. The van der Waals surface area contributed by atoms with Crippen LogP contribution in [0.1, 0.15) is 17.8 Å². The maximum atomic E-state index is 12.3. The highest BCUT2D eigenvalue weighted by atomic mass is 35.5. The van der Waals surface area contributed by atoms with Crippen LogP contribution in [-0.2, 0) is 10.0 Å². The Morgan fingerprint density at radius 3 is 2.50 bits per heavy atom. The number of halogens is 3. The highest BCUT2D eigenvalue weighted by Crippen LogP contribution is 2.27. The highest BCUT2D eigenvalue weighted by molar-refractivity contribution is 7.89. The van der Waals surface area contributed by atoms with Crippen LogP contribution in [0.15, 0.2) is 11.0 Å². The quantitative estimate of drug-likeness (QED) is 0.870. The van der Waals surface area contributed by atoms with Crippen molar-refractivity contribution >= 4 is 21.6 Å². The first-order chi connectivity index (χ1) is 7.27. The topological polar surface area (TPSA) is 96.8 Å². The van der Waals surface area contributed by atoms with Gasteiger partial charge < -0.3 is 0 Å². The number of hydrogen-bond donors (Lipinski definition) is 1. The van der Waals surface area contributed by atoms with Gasteiger partial charge in [0.25, 0.3) is 6.43 Å². The zero-order chi connectivity index (χ0) is 12.5. The van der Waals surface area contributed by atoms with Crippen molar-refractivity contribution in [1.29, 1.82) is 5.26 Å². The summed E-state index contributed by atoms with van der Waals surface area (Å²) >= 11 is 5.46. The van der Waals surface area contributed by atoms with Crippen molar-refractivity contribution in [3.63, 3.8) is 0 Å². The van der Waals surface area contributed by atoms with E-state index in [1.807, 2.05) is 0 Å². The summed E-state index contributed by atoms with van der Waals surface area (Å²) in [5, 5.41) is 12.8. The van der Waals surface area contributed by atoms with E-state index in [4.69, 9.17) is 22.0 Å². The van der Waals surface area contributed by atoms with E-state index in [1.165, 1.54) is 6.07 Å². The lowest BCUT2D eigenvalue weighted by molar-refractivity contribution is 0.146. The molecule has 0 spiro atoms. The lowest BCUT2D eigenvalue weighted by atomic mass is 10.3. The molecule has 1 aromatic heterocycles. The molecule has 0 fully saturated rings. The number of nitrogens with two attached hydrogens (primary N) is 1. The fraction of sp³-hybridized carbons (Fsp3) is 0.143. The van der Waals surface area contributed by atoms with Crippen LogP contribution in [-0.4, -0.2) is 13.4 Å². The molecule has 1 heterocycles. The van der Waals surface area contributed by atoms with Crippen molar-refractivity contribution in [2.45, 2.75) is 11.3 Å². The van der Waals surface area contributed by atoms with Crippen molar-refractivity contribution in [1.82, 2.24) is 4.98 Å². The smallest absolute Gasteiger partial charge is 0.235 e. The normalized spacial score (nSPS) is 11.5. The number of sulfonamides is 1. The van der Waals surface area contributed by atoms with Crippen LogP contribution >= 0.6 is 11.6 Å². The van der Waals surface area contributed by atoms with Crippen LogP contribution in [0, 0.1) is 11.3 Å². The number of nitrogens with zero attached hydrogens (tertiary/aromatic N) is 2. The summed E-state index contributed by atoms with van der Waals surface area (Å²) in [6.45, 7) is 0. The minimum atomic E-state index is -4.28. The molecule has 1 aromatic rings. The molecule has 0 radical (unpaired) electrons. The average Bonchev–Trinajstić information content (AvgIpc) is 2.14. The summed E-state index contributed by atoms with van der Waals surface area (Å²) in [7, 11) is -4.28. The Labute approximate surface area is 94.5 Å². The van der Waals surface area contributed by atoms with Gasteiger partial charge in [0.2, 0.25) is 10.0 Å². The molecule has 16 heavy (non-hydrogen) atoms. The summed E-state index contributed by atoms with van der Waals surface area (Å²) < 4.78 is 46.6. The third kappa shape index (κ3) is 2.44. The SMILES string of the molecule is N#Cc1nc(C(F)F)cc(Cl)c1S(N)(=O)=O. The Bertz CT molecular complexity index is 568. The number of nitriles is 1. The molecule has 0 amide bonds. The van der Waals surface area contributed by atoms with E-state index in [9.17, 15) is 17.2 Å². The fourth-order valence-corrected chi connectivity index (χ4v) is 2.19. The second-order valence-corrected chi connectivity index (χ2v) is 4.57. The minimum Gasteiger partial charge on any atom is -0.235 e. The number of pyridine rings is 1. The van der Waals surface area contributed by atoms with Crippen LogP contribution < -0.4 is 5.14 Å². The Morgan fingerprint density at radius 2 is 2.12 bits per heavy atom. The molecule has 86 valence electrons. The van der Waals surface area contributed by atoms with Crippen LogP contribution in [0.4, 0.5) is 8.78 Å². The number of hydrogen-bond acceptors (Lipinski definition) is 4. The van der Waals surface area contributed by atoms with Gasteiger partial charge in [-0.3, -0.25) is 0 Å². The largest absolute Gasteiger partial charge is 0.280 e. The lowest BCUT2D eigenvalue weighted by Crippen LogP contribution is -2.16. The Balaban J connectivity index is 3.62. The van der Waals surface area contributed by atoms with Crippen molar-refractivity contribution in [2.75, 3.05) is 0 Å². The van der Waals surface area contributed by atoms with E-state index < -0.39 is 37.8 Å². The third-order valence-corrected chi connectivity index (χ3v) is 2.95. The molecule has 0 bridgehead atoms. The zero-order valence-electron chi connectivity index (χ0n) is 7.49. The van der Waals surface area contributed by atoms with Gasteiger partial charge in [0.15, 0.2) is 5.69 Å². The molecule has 0 atom stereocenters. The Morgan fingerprint density at radius 1 is 1.56 bits per heavy atom. The van der Waals surface area contributed by atoms with Crippen LogP contribution in [0.3, 0.4) is 0 Å². The molecule has 0 unspecified atom stereocenters. The van der Waals surface area contributed by atoms with Crippen molar-refractivity contribution in [3.05, 3.63) is 22.5 Å². The van der Waals surface area contributed by atoms with E-state index in [2.05, 4.69) is 4.98 Å². The number of aromatic nitrogens is 1. The minimum absolute atomic E-state index is 0.552. The third-order valence-electron chi connectivity index (χ3n) is 1.56. The fourth-order valence-electron chi connectivity index (χ4n) is 0.979. The molecule has 0 aromatic carbocycles. The molecule has 5 nitrogen and oxygen atoms in total. The molecule has 0 saturated heterocycles. The van der Waals surface area contributed by atoms with Gasteiger partial charge in [-0.1, -0.05) is 11.6 Å². The summed E-state index contributed by atoms with van der Waals surface area (Å²) in [4.78, 5) is 2.41. The van der Waals surface area contributed by atoms with E-state index >= 15 is 0 Å². The Hall–Kier alpha value is -1.30. The molecular formula is C7H4ClF2N3O2S. The monoisotopic (exact) mass is 267 g/mol. The number of primary sulfonamides is 1. The predicted molar refractivity (Wildman–Crippen MR) is 50.3 cm³/mol. The first-order valence-electron chi connectivity index (χ1n) is 3.69. The van der Waals surface area contributed by atoms with Gasteiger partial charge in [-0.25, -0.2) is 27.3 Å². The number of alkyl halides is 2. The summed E-state index contributed by atoms with van der Waals surface area (Å²) in [5.74, 6) is 0.